The molecule has 2 aromatic heterocycles. The molecular formula is C28H29N5OS. The molecule has 7 heteroatoms. The number of anilines is 2. The zero-order valence-corrected chi connectivity index (χ0v) is 21.1. The highest BCUT2D eigenvalue weighted by molar-refractivity contribution is 7.80. The highest BCUT2D eigenvalue weighted by atomic mass is 32.1. The minimum absolute atomic E-state index is 0.173. The first kappa shape index (κ1) is 22.9. The van der Waals surface area contributed by atoms with Gasteiger partial charge in [-0.25, -0.2) is 0 Å². The van der Waals surface area contributed by atoms with E-state index in [4.69, 9.17) is 12.2 Å². The van der Waals surface area contributed by atoms with Gasteiger partial charge in [0.25, 0.3) is 0 Å². The first-order valence-corrected chi connectivity index (χ1v) is 12.0. The third kappa shape index (κ3) is 4.02. The predicted molar refractivity (Wildman–Crippen MR) is 146 cm³/mol. The molecule has 35 heavy (non-hydrogen) atoms. The van der Waals surface area contributed by atoms with E-state index in [1.54, 1.807) is 12.3 Å². The van der Waals surface area contributed by atoms with Crippen molar-refractivity contribution in [1.29, 1.82) is 0 Å². The van der Waals surface area contributed by atoms with Crippen LogP contribution in [0, 0.1) is 13.8 Å². The van der Waals surface area contributed by atoms with E-state index in [0.29, 0.717) is 10.8 Å². The molecule has 178 valence electrons. The van der Waals surface area contributed by atoms with Crippen molar-refractivity contribution in [2.24, 2.45) is 0 Å². The molecule has 0 radical (unpaired) electrons. The Morgan fingerprint density at radius 1 is 0.971 bits per heavy atom. The number of hydrogen-bond donors (Lipinski definition) is 2. The third-order valence-corrected chi connectivity index (χ3v) is 6.97. The summed E-state index contributed by atoms with van der Waals surface area (Å²) in [7, 11) is 4.08. The van der Waals surface area contributed by atoms with Crippen LogP contribution in [0.3, 0.4) is 0 Å². The Balaban J connectivity index is 1.66. The zero-order valence-electron chi connectivity index (χ0n) is 20.3. The molecule has 0 amide bonds. The maximum atomic E-state index is 10.7. The Labute approximate surface area is 211 Å². The lowest BCUT2D eigenvalue weighted by Crippen LogP contribution is -2.29. The molecule has 6 nitrogen and oxygen atoms in total. The second-order valence-electron chi connectivity index (χ2n) is 9.06. The van der Waals surface area contributed by atoms with Gasteiger partial charge in [0, 0.05) is 43.1 Å². The fourth-order valence-corrected chi connectivity index (χ4v) is 5.32. The van der Waals surface area contributed by atoms with Gasteiger partial charge in [-0.1, -0.05) is 18.2 Å². The molecule has 0 unspecified atom stereocenters. The normalized spacial score (nSPS) is 17.5. The molecule has 2 N–H and O–H groups in total. The molecule has 0 bridgehead atoms. The zero-order chi connectivity index (χ0) is 24.7. The van der Waals surface area contributed by atoms with Gasteiger partial charge in [-0.15, -0.1) is 0 Å². The van der Waals surface area contributed by atoms with E-state index in [1.165, 1.54) is 0 Å². The number of nitrogens with zero attached hydrogens (tertiary/aromatic N) is 4. The first-order valence-electron chi connectivity index (χ1n) is 11.6. The number of pyridine rings is 1. The molecule has 0 saturated carbocycles. The van der Waals surface area contributed by atoms with Crippen molar-refractivity contribution in [3.8, 4) is 11.4 Å². The number of phenolic OH excluding ortho intramolecular Hbond substituents is 1. The Kier molecular flexibility index (Phi) is 5.94. The number of rotatable bonds is 5. The summed E-state index contributed by atoms with van der Waals surface area (Å²) in [4.78, 5) is 8.76. The van der Waals surface area contributed by atoms with Crippen LogP contribution in [0.15, 0.2) is 79.0 Å². The van der Waals surface area contributed by atoms with E-state index in [2.05, 4.69) is 63.9 Å². The molecule has 4 aromatic rings. The van der Waals surface area contributed by atoms with E-state index >= 15 is 0 Å². The minimum Gasteiger partial charge on any atom is -0.506 e. The Morgan fingerprint density at radius 3 is 2.34 bits per heavy atom. The molecule has 1 fully saturated rings. The van der Waals surface area contributed by atoms with E-state index in [-0.39, 0.29) is 17.8 Å². The van der Waals surface area contributed by atoms with E-state index < -0.39 is 0 Å². The lowest BCUT2D eigenvalue weighted by atomic mass is 9.96. The molecule has 5 rings (SSSR count). The largest absolute Gasteiger partial charge is 0.506 e. The summed E-state index contributed by atoms with van der Waals surface area (Å²) < 4.78 is 2.27. The molecule has 2 atom stereocenters. The summed E-state index contributed by atoms with van der Waals surface area (Å²) in [5, 5.41) is 14.8. The van der Waals surface area contributed by atoms with Crippen molar-refractivity contribution in [2.75, 3.05) is 23.9 Å². The van der Waals surface area contributed by atoms with E-state index in [0.717, 1.165) is 34.0 Å². The second kappa shape index (κ2) is 9.07. The number of hydrogen-bond acceptors (Lipinski definition) is 4. The fourth-order valence-electron chi connectivity index (χ4n) is 4.98. The van der Waals surface area contributed by atoms with Crippen LogP contribution in [-0.2, 0) is 0 Å². The summed E-state index contributed by atoms with van der Waals surface area (Å²) in [5.74, 6) is 0.191. The summed E-state index contributed by atoms with van der Waals surface area (Å²) in [6, 6.07) is 23.7. The Morgan fingerprint density at radius 2 is 1.69 bits per heavy atom. The lowest BCUT2D eigenvalue weighted by Gasteiger charge is -2.28. The topological polar surface area (TPSA) is 56.6 Å². The average Bonchev–Trinajstić information content (AvgIpc) is 3.35. The number of thiocarbonyl (C=S) groups is 1. The Hall–Kier alpha value is -3.84. The van der Waals surface area contributed by atoms with Crippen LogP contribution in [0.25, 0.3) is 5.69 Å². The SMILES string of the molecule is Cc1cc([C@@H]2[C@@H](c3ccccn3)NC(=S)N2c2ccccc2O)c(C)n1-c1ccc(N(C)C)cc1. The average molecular weight is 484 g/mol. The second-order valence-corrected chi connectivity index (χ2v) is 9.44. The van der Waals surface area contributed by atoms with Gasteiger partial charge in [0.2, 0.25) is 0 Å². The van der Waals surface area contributed by atoms with Gasteiger partial charge in [0.1, 0.15) is 5.75 Å². The van der Waals surface area contributed by atoms with Gasteiger partial charge in [0.15, 0.2) is 5.11 Å². The van der Waals surface area contributed by atoms with Crippen LogP contribution in [0.2, 0.25) is 0 Å². The molecule has 2 aromatic carbocycles. The van der Waals surface area contributed by atoms with Crippen molar-refractivity contribution < 1.29 is 5.11 Å². The maximum Gasteiger partial charge on any atom is 0.174 e. The number of para-hydroxylation sites is 2. The minimum atomic E-state index is -0.188. The van der Waals surface area contributed by atoms with Crippen molar-refractivity contribution >= 4 is 28.7 Å². The fraction of sp³-hybridized carbons (Fsp3) is 0.214. The first-order chi connectivity index (χ1) is 16.9. The molecule has 3 heterocycles. The van der Waals surface area contributed by atoms with E-state index in [9.17, 15) is 5.11 Å². The van der Waals surface area contributed by atoms with Crippen LogP contribution >= 0.6 is 12.2 Å². The molecular weight excluding hydrogens is 454 g/mol. The maximum absolute atomic E-state index is 10.7. The van der Waals surface area contributed by atoms with Gasteiger partial charge in [-0.2, -0.15) is 0 Å². The van der Waals surface area contributed by atoms with Crippen LogP contribution in [0.4, 0.5) is 11.4 Å². The summed E-state index contributed by atoms with van der Waals surface area (Å²) in [6.07, 6.45) is 1.80. The highest BCUT2D eigenvalue weighted by Gasteiger charge is 2.43. The quantitative estimate of drug-likeness (QED) is 0.369. The van der Waals surface area contributed by atoms with Gasteiger partial charge in [-0.05, 0) is 86.2 Å². The summed E-state index contributed by atoms with van der Waals surface area (Å²) >= 11 is 5.82. The summed E-state index contributed by atoms with van der Waals surface area (Å²) in [6.45, 7) is 4.26. The van der Waals surface area contributed by atoms with E-state index in [1.807, 2.05) is 55.4 Å². The number of phenols is 1. The standard InChI is InChI=1S/C28H29N5OS/c1-18-17-22(19(2)32(18)21-14-12-20(13-15-21)31(3)4)27-26(23-9-7-8-16-29-23)30-28(35)33(27)24-10-5-6-11-25(24)34/h5-17,26-27,34H,1-4H3,(H,30,35)/t26-,27-/m1/s1. The monoisotopic (exact) mass is 483 g/mol. The number of nitrogens with one attached hydrogen (secondary N) is 1. The molecule has 1 saturated heterocycles. The Bertz CT molecular complexity index is 1360. The molecule has 1 aliphatic rings. The van der Waals surface area contributed by atoms with Crippen molar-refractivity contribution in [1.82, 2.24) is 14.9 Å². The molecule has 1 aliphatic heterocycles. The third-order valence-electron chi connectivity index (χ3n) is 6.65. The smallest absolute Gasteiger partial charge is 0.174 e. The van der Waals surface area contributed by atoms with Gasteiger partial charge in [-0.3, -0.25) is 4.98 Å². The van der Waals surface area contributed by atoms with Crippen LogP contribution in [-0.4, -0.2) is 33.9 Å². The number of aryl methyl sites for hydroxylation is 1. The summed E-state index contributed by atoms with van der Waals surface area (Å²) in [5.41, 5.74) is 7.22. The van der Waals surface area contributed by atoms with Crippen LogP contribution in [0.5, 0.6) is 5.75 Å². The van der Waals surface area contributed by atoms with Crippen molar-refractivity contribution in [2.45, 2.75) is 25.9 Å². The predicted octanol–water partition coefficient (Wildman–Crippen LogP) is 5.44. The van der Waals surface area contributed by atoms with Gasteiger partial charge < -0.3 is 24.8 Å². The van der Waals surface area contributed by atoms with Gasteiger partial charge >= 0.3 is 0 Å². The van der Waals surface area contributed by atoms with Gasteiger partial charge in [0.05, 0.1) is 23.5 Å². The van der Waals surface area contributed by atoms with Crippen molar-refractivity contribution in [3.05, 3.63) is 102 Å². The number of aromatic hydroxyl groups is 1. The number of benzene rings is 2. The van der Waals surface area contributed by atoms with Crippen molar-refractivity contribution in [3.63, 3.8) is 0 Å². The lowest BCUT2D eigenvalue weighted by molar-refractivity contribution is 0.472. The van der Waals surface area contributed by atoms with Crippen LogP contribution in [0.1, 0.15) is 34.7 Å². The number of aromatic nitrogens is 2. The highest BCUT2D eigenvalue weighted by Crippen LogP contribution is 2.45. The molecule has 0 spiro atoms. The van der Waals surface area contributed by atoms with Crippen LogP contribution < -0.4 is 15.1 Å². The molecule has 0 aliphatic carbocycles.